The minimum Gasteiger partial charge on any atom is -0.444 e. The van der Waals surface area contributed by atoms with Crippen LogP contribution in [0, 0.1) is 5.82 Å². The first-order valence-corrected chi connectivity index (χ1v) is 8.96. The number of benzene rings is 1. The molecule has 2 aromatic rings. The highest BCUT2D eigenvalue weighted by molar-refractivity contribution is 5.93. The van der Waals surface area contributed by atoms with E-state index in [0.717, 1.165) is 23.8 Å². The fourth-order valence-electron chi connectivity index (χ4n) is 3.56. The van der Waals surface area contributed by atoms with Crippen LogP contribution >= 0.6 is 0 Å². The number of likely N-dealkylation sites (tertiary alicyclic amines) is 1. The van der Waals surface area contributed by atoms with Crippen molar-refractivity contribution in [1.82, 2.24) is 9.47 Å². The van der Waals surface area contributed by atoms with Gasteiger partial charge in [-0.2, -0.15) is 0 Å². The summed E-state index contributed by atoms with van der Waals surface area (Å²) in [5.41, 5.74) is 0.969. The van der Waals surface area contributed by atoms with E-state index in [4.69, 9.17) is 4.74 Å². The molecular formula is C20H25FN2O3. The Bertz CT molecular complexity index is 851. The molecule has 0 spiro atoms. The predicted octanol–water partition coefficient (Wildman–Crippen LogP) is 4.38. The van der Waals surface area contributed by atoms with Crippen LogP contribution < -0.4 is 0 Å². The van der Waals surface area contributed by atoms with Crippen molar-refractivity contribution in [2.45, 2.75) is 58.6 Å². The molecule has 0 N–H and O–H groups in total. The summed E-state index contributed by atoms with van der Waals surface area (Å²) in [7, 11) is 0. The molecule has 2 heterocycles. The molecular weight excluding hydrogens is 335 g/mol. The Hall–Kier alpha value is -2.37. The summed E-state index contributed by atoms with van der Waals surface area (Å²) < 4.78 is 20.6. The number of nitrogens with zero attached hydrogens (tertiary/aromatic N) is 2. The number of ether oxygens (including phenoxy) is 1. The molecule has 0 unspecified atom stereocenters. The van der Waals surface area contributed by atoms with E-state index in [2.05, 4.69) is 0 Å². The smallest absolute Gasteiger partial charge is 0.410 e. The third kappa shape index (κ3) is 3.74. The molecule has 26 heavy (non-hydrogen) atoms. The number of carbonyl (C=O) groups is 2. The lowest BCUT2D eigenvalue weighted by molar-refractivity contribution is 0.0226. The summed E-state index contributed by atoms with van der Waals surface area (Å²) in [6.45, 7) is 7.68. The van der Waals surface area contributed by atoms with Crippen molar-refractivity contribution in [1.29, 1.82) is 0 Å². The SMILES string of the molecule is CC(=O)n1cc(C[C@@H]2CCCN2C(=O)OC(C)(C)C)c2ccc(F)cc21. The van der Waals surface area contributed by atoms with Crippen LogP contribution in [0.1, 0.15) is 50.9 Å². The van der Waals surface area contributed by atoms with Crippen LogP contribution in [0.4, 0.5) is 9.18 Å². The number of fused-ring (bicyclic) bond motifs is 1. The normalized spacial score (nSPS) is 17.7. The van der Waals surface area contributed by atoms with Gasteiger partial charge in [-0.25, -0.2) is 9.18 Å². The lowest BCUT2D eigenvalue weighted by atomic mass is 10.0. The van der Waals surface area contributed by atoms with Gasteiger partial charge in [-0.1, -0.05) is 0 Å². The summed E-state index contributed by atoms with van der Waals surface area (Å²) in [5, 5.41) is 0.845. The molecule has 0 radical (unpaired) electrons. The van der Waals surface area contributed by atoms with Gasteiger partial charge in [0.15, 0.2) is 0 Å². The van der Waals surface area contributed by atoms with Crippen LogP contribution in [0.15, 0.2) is 24.4 Å². The minimum absolute atomic E-state index is 0.0147. The first-order chi connectivity index (χ1) is 12.2. The van der Waals surface area contributed by atoms with Crippen molar-refractivity contribution in [2.75, 3.05) is 6.54 Å². The standard InChI is InChI=1S/C20H25FN2O3/c1-13(24)23-12-14(17-8-7-15(21)11-18(17)23)10-16-6-5-9-22(16)19(25)26-20(2,3)4/h7-8,11-12,16H,5-6,9-10H2,1-4H3/t16-/m0/s1. The lowest BCUT2D eigenvalue weighted by Gasteiger charge is -2.28. The van der Waals surface area contributed by atoms with E-state index >= 15 is 0 Å². The number of rotatable bonds is 2. The molecule has 5 nitrogen and oxygen atoms in total. The first kappa shape index (κ1) is 18.4. The van der Waals surface area contributed by atoms with Crippen molar-refractivity contribution in [3.8, 4) is 0 Å². The Balaban J connectivity index is 1.88. The molecule has 0 bridgehead atoms. The van der Waals surface area contributed by atoms with Crippen LogP contribution in [0.3, 0.4) is 0 Å². The van der Waals surface area contributed by atoms with Gasteiger partial charge in [-0.3, -0.25) is 9.36 Å². The molecule has 1 aliphatic heterocycles. The third-order valence-corrected chi connectivity index (χ3v) is 4.65. The van der Waals surface area contributed by atoms with Crippen LogP contribution in [-0.4, -0.2) is 39.7 Å². The summed E-state index contributed by atoms with van der Waals surface area (Å²) in [6.07, 6.45) is 3.87. The molecule has 1 saturated heterocycles. The van der Waals surface area contributed by atoms with Gasteiger partial charge in [0.2, 0.25) is 5.91 Å². The van der Waals surface area contributed by atoms with Crippen LogP contribution in [0.25, 0.3) is 10.9 Å². The Morgan fingerprint density at radius 2 is 2.04 bits per heavy atom. The highest BCUT2D eigenvalue weighted by atomic mass is 19.1. The Morgan fingerprint density at radius 1 is 1.31 bits per heavy atom. The van der Waals surface area contributed by atoms with Gasteiger partial charge in [0.25, 0.3) is 0 Å². The molecule has 3 rings (SSSR count). The van der Waals surface area contributed by atoms with Gasteiger partial charge >= 0.3 is 6.09 Å². The van der Waals surface area contributed by atoms with Crippen molar-refractivity contribution in [3.63, 3.8) is 0 Å². The number of amides is 1. The molecule has 1 aliphatic rings. The van der Waals surface area contributed by atoms with Crippen molar-refractivity contribution >= 4 is 22.9 Å². The van der Waals surface area contributed by atoms with Gasteiger partial charge in [-0.05, 0) is 63.8 Å². The molecule has 1 atom stereocenters. The van der Waals surface area contributed by atoms with E-state index in [0.29, 0.717) is 18.5 Å². The number of halogens is 1. The molecule has 6 heteroatoms. The van der Waals surface area contributed by atoms with E-state index in [1.807, 2.05) is 20.8 Å². The fraction of sp³-hybridized carbons (Fsp3) is 0.500. The van der Waals surface area contributed by atoms with Crippen molar-refractivity contribution in [3.05, 3.63) is 35.8 Å². The van der Waals surface area contributed by atoms with Crippen molar-refractivity contribution < 1.29 is 18.7 Å². The maximum Gasteiger partial charge on any atom is 0.410 e. The van der Waals surface area contributed by atoms with E-state index in [1.54, 1.807) is 17.2 Å². The second kappa shape index (κ2) is 6.74. The quantitative estimate of drug-likeness (QED) is 0.798. The van der Waals surface area contributed by atoms with E-state index in [9.17, 15) is 14.0 Å². The van der Waals surface area contributed by atoms with Crippen LogP contribution in [0.2, 0.25) is 0 Å². The largest absolute Gasteiger partial charge is 0.444 e. The van der Waals surface area contributed by atoms with Gasteiger partial charge in [0.1, 0.15) is 11.4 Å². The molecule has 1 aromatic carbocycles. The summed E-state index contributed by atoms with van der Waals surface area (Å²) in [4.78, 5) is 26.2. The van der Waals surface area contributed by atoms with E-state index in [1.165, 1.54) is 23.6 Å². The second-order valence-electron chi connectivity index (χ2n) is 7.88. The van der Waals surface area contributed by atoms with Gasteiger partial charge < -0.3 is 9.64 Å². The highest BCUT2D eigenvalue weighted by Gasteiger charge is 2.32. The highest BCUT2D eigenvalue weighted by Crippen LogP contribution is 2.29. The number of carbonyl (C=O) groups excluding carboxylic acids is 2. The lowest BCUT2D eigenvalue weighted by Crippen LogP contribution is -2.40. The Morgan fingerprint density at radius 3 is 2.69 bits per heavy atom. The maximum atomic E-state index is 13.6. The zero-order chi connectivity index (χ0) is 19.1. The van der Waals surface area contributed by atoms with Crippen LogP contribution in [0.5, 0.6) is 0 Å². The number of aromatic nitrogens is 1. The average molecular weight is 360 g/mol. The fourth-order valence-corrected chi connectivity index (χ4v) is 3.56. The Kier molecular flexibility index (Phi) is 4.78. The van der Waals surface area contributed by atoms with Gasteiger partial charge in [0.05, 0.1) is 5.52 Å². The molecule has 1 amide bonds. The number of hydrogen-bond donors (Lipinski definition) is 0. The third-order valence-electron chi connectivity index (χ3n) is 4.65. The molecule has 0 saturated carbocycles. The van der Waals surface area contributed by atoms with E-state index in [-0.39, 0.29) is 23.9 Å². The van der Waals surface area contributed by atoms with E-state index < -0.39 is 5.60 Å². The van der Waals surface area contributed by atoms with Gasteiger partial charge in [-0.15, -0.1) is 0 Å². The summed E-state index contributed by atoms with van der Waals surface area (Å²) >= 11 is 0. The second-order valence-corrected chi connectivity index (χ2v) is 7.88. The van der Waals surface area contributed by atoms with Crippen molar-refractivity contribution in [2.24, 2.45) is 0 Å². The number of hydrogen-bond acceptors (Lipinski definition) is 3. The molecule has 0 aliphatic carbocycles. The van der Waals surface area contributed by atoms with Crippen LogP contribution in [-0.2, 0) is 11.2 Å². The maximum absolute atomic E-state index is 13.6. The zero-order valence-corrected chi connectivity index (χ0v) is 15.7. The predicted molar refractivity (Wildman–Crippen MR) is 97.9 cm³/mol. The minimum atomic E-state index is -0.535. The molecule has 140 valence electrons. The molecule has 1 aromatic heterocycles. The topological polar surface area (TPSA) is 51.5 Å². The monoisotopic (exact) mass is 360 g/mol. The average Bonchev–Trinajstić information content (AvgIpc) is 3.10. The summed E-state index contributed by atoms with van der Waals surface area (Å²) in [6, 6.07) is 4.49. The zero-order valence-electron chi connectivity index (χ0n) is 15.7. The molecule has 1 fully saturated rings. The first-order valence-electron chi connectivity index (χ1n) is 8.96. The van der Waals surface area contributed by atoms with Gasteiger partial charge in [0, 0.05) is 31.1 Å². The Labute approximate surface area is 152 Å². The summed E-state index contributed by atoms with van der Waals surface area (Å²) in [5.74, 6) is -0.539.